The lowest BCUT2D eigenvalue weighted by molar-refractivity contribution is 0.185. The molecule has 1 unspecified atom stereocenters. The van der Waals surface area contributed by atoms with Gasteiger partial charge in [-0.2, -0.15) is 0 Å². The Balaban J connectivity index is 2.03. The van der Waals surface area contributed by atoms with Crippen molar-refractivity contribution in [2.75, 3.05) is 13.7 Å². The summed E-state index contributed by atoms with van der Waals surface area (Å²) in [7, 11) is 1.71. The Kier molecular flexibility index (Phi) is 6.03. The van der Waals surface area contributed by atoms with Crippen molar-refractivity contribution in [3.8, 4) is 11.3 Å². The Labute approximate surface area is 127 Å². The third-order valence-electron chi connectivity index (χ3n) is 3.43. The van der Waals surface area contributed by atoms with Crippen molar-refractivity contribution in [3.63, 3.8) is 0 Å². The first-order chi connectivity index (χ1) is 10.2. The largest absolute Gasteiger partial charge is 0.461 e. The van der Waals surface area contributed by atoms with Crippen LogP contribution in [0.25, 0.3) is 11.3 Å². The fraction of sp³-hybridized carbons (Fsp3) is 0.444. The molecular formula is C18H25NO2. The van der Waals surface area contributed by atoms with Gasteiger partial charge in [0.15, 0.2) is 0 Å². The Bertz CT molecular complexity index is 548. The van der Waals surface area contributed by atoms with Gasteiger partial charge in [-0.3, -0.25) is 0 Å². The van der Waals surface area contributed by atoms with E-state index in [1.165, 1.54) is 0 Å². The molecule has 0 saturated heterocycles. The summed E-state index contributed by atoms with van der Waals surface area (Å²) in [6.07, 6.45) is 2.07. The molecule has 2 rings (SSSR count). The summed E-state index contributed by atoms with van der Waals surface area (Å²) in [4.78, 5) is 0. The van der Waals surface area contributed by atoms with Crippen LogP contribution in [0.15, 0.2) is 40.8 Å². The molecular weight excluding hydrogens is 262 g/mol. The standard InChI is InChI=1S/C18H25NO2/c1-4-10-19-14(2)11-17-8-9-18(21-17)16-7-5-6-15(12-16)13-20-3/h5-9,12,14,19H,4,10-11,13H2,1-3H3. The fourth-order valence-electron chi connectivity index (χ4n) is 2.39. The van der Waals surface area contributed by atoms with Gasteiger partial charge in [0, 0.05) is 25.1 Å². The molecule has 1 aromatic carbocycles. The SMILES string of the molecule is CCCNC(C)Cc1ccc(-c2cccc(COC)c2)o1. The van der Waals surface area contributed by atoms with E-state index in [4.69, 9.17) is 9.15 Å². The normalized spacial score (nSPS) is 12.5. The number of furan rings is 1. The first-order valence-corrected chi connectivity index (χ1v) is 7.63. The molecule has 0 bridgehead atoms. The minimum atomic E-state index is 0.434. The molecule has 3 nitrogen and oxygen atoms in total. The number of methoxy groups -OCH3 is 1. The van der Waals surface area contributed by atoms with Gasteiger partial charge >= 0.3 is 0 Å². The van der Waals surface area contributed by atoms with E-state index >= 15 is 0 Å². The van der Waals surface area contributed by atoms with Crippen LogP contribution in [0.3, 0.4) is 0 Å². The van der Waals surface area contributed by atoms with E-state index in [9.17, 15) is 0 Å². The summed E-state index contributed by atoms with van der Waals surface area (Å²) in [6.45, 7) is 6.04. The molecule has 0 aliphatic heterocycles. The minimum Gasteiger partial charge on any atom is -0.461 e. The van der Waals surface area contributed by atoms with Gasteiger partial charge in [-0.25, -0.2) is 0 Å². The monoisotopic (exact) mass is 287 g/mol. The third-order valence-corrected chi connectivity index (χ3v) is 3.43. The van der Waals surface area contributed by atoms with Gasteiger partial charge in [-0.15, -0.1) is 0 Å². The van der Waals surface area contributed by atoms with E-state index < -0.39 is 0 Å². The van der Waals surface area contributed by atoms with Crippen molar-refractivity contribution in [2.45, 2.75) is 39.3 Å². The molecule has 114 valence electrons. The molecule has 0 fully saturated rings. The highest BCUT2D eigenvalue weighted by atomic mass is 16.5. The first-order valence-electron chi connectivity index (χ1n) is 7.63. The van der Waals surface area contributed by atoms with Crippen LogP contribution in [-0.4, -0.2) is 19.7 Å². The summed E-state index contributed by atoms with van der Waals surface area (Å²) in [6, 6.07) is 12.8. The average Bonchev–Trinajstić information content (AvgIpc) is 2.94. The minimum absolute atomic E-state index is 0.434. The topological polar surface area (TPSA) is 34.4 Å². The van der Waals surface area contributed by atoms with Gasteiger partial charge in [0.2, 0.25) is 0 Å². The van der Waals surface area contributed by atoms with Crippen molar-refractivity contribution < 1.29 is 9.15 Å². The van der Waals surface area contributed by atoms with Crippen LogP contribution in [0, 0.1) is 0 Å². The molecule has 1 aromatic heterocycles. The third kappa shape index (κ3) is 4.73. The fourth-order valence-corrected chi connectivity index (χ4v) is 2.39. The van der Waals surface area contributed by atoms with Crippen LogP contribution in [0.1, 0.15) is 31.6 Å². The zero-order valence-corrected chi connectivity index (χ0v) is 13.2. The molecule has 1 N–H and O–H groups in total. The highest BCUT2D eigenvalue weighted by Gasteiger charge is 2.09. The molecule has 21 heavy (non-hydrogen) atoms. The number of hydrogen-bond acceptors (Lipinski definition) is 3. The maximum absolute atomic E-state index is 5.97. The maximum Gasteiger partial charge on any atom is 0.134 e. The lowest BCUT2D eigenvalue weighted by Crippen LogP contribution is -2.28. The number of benzene rings is 1. The smallest absolute Gasteiger partial charge is 0.134 e. The molecule has 0 radical (unpaired) electrons. The second-order valence-electron chi connectivity index (χ2n) is 5.46. The molecule has 0 saturated carbocycles. The Morgan fingerprint density at radius 3 is 2.86 bits per heavy atom. The summed E-state index contributed by atoms with van der Waals surface area (Å²) in [5, 5.41) is 3.48. The van der Waals surface area contributed by atoms with Crippen LogP contribution < -0.4 is 5.32 Å². The van der Waals surface area contributed by atoms with Crippen LogP contribution >= 0.6 is 0 Å². The number of rotatable bonds is 8. The quantitative estimate of drug-likeness (QED) is 0.796. The van der Waals surface area contributed by atoms with Crippen molar-refractivity contribution in [3.05, 3.63) is 47.7 Å². The van der Waals surface area contributed by atoms with Gasteiger partial charge in [0.1, 0.15) is 11.5 Å². The highest BCUT2D eigenvalue weighted by molar-refractivity contribution is 5.58. The zero-order valence-electron chi connectivity index (χ0n) is 13.2. The lowest BCUT2D eigenvalue weighted by atomic mass is 10.1. The zero-order chi connectivity index (χ0) is 15.1. The summed E-state index contributed by atoms with van der Waals surface area (Å²) in [5.41, 5.74) is 2.26. The van der Waals surface area contributed by atoms with Gasteiger partial charge in [-0.1, -0.05) is 25.1 Å². The molecule has 0 aliphatic carbocycles. The van der Waals surface area contributed by atoms with Crippen molar-refractivity contribution in [1.82, 2.24) is 5.32 Å². The van der Waals surface area contributed by atoms with E-state index in [-0.39, 0.29) is 0 Å². The molecule has 1 heterocycles. The van der Waals surface area contributed by atoms with E-state index in [2.05, 4.69) is 43.4 Å². The second kappa shape index (κ2) is 8.01. The van der Waals surface area contributed by atoms with Gasteiger partial charge < -0.3 is 14.5 Å². The second-order valence-corrected chi connectivity index (χ2v) is 5.46. The lowest BCUT2D eigenvalue weighted by Gasteiger charge is -2.11. The molecule has 1 atom stereocenters. The number of nitrogens with one attached hydrogen (secondary N) is 1. The van der Waals surface area contributed by atoms with E-state index in [1.807, 2.05) is 12.1 Å². The Morgan fingerprint density at radius 2 is 2.10 bits per heavy atom. The predicted molar refractivity (Wildman–Crippen MR) is 86.3 cm³/mol. The van der Waals surface area contributed by atoms with Crippen LogP contribution in [0.2, 0.25) is 0 Å². The summed E-state index contributed by atoms with van der Waals surface area (Å²) in [5.74, 6) is 1.95. The van der Waals surface area contributed by atoms with Gasteiger partial charge in [0.05, 0.1) is 6.61 Å². The van der Waals surface area contributed by atoms with E-state index in [0.717, 1.165) is 42.0 Å². The Hall–Kier alpha value is -1.58. The predicted octanol–water partition coefficient (Wildman–Crippen LogP) is 4.02. The number of ether oxygens (including phenoxy) is 1. The molecule has 0 amide bonds. The van der Waals surface area contributed by atoms with E-state index in [0.29, 0.717) is 12.6 Å². The molecule has 3 heteroatoms. The van der Waals surface area contributed by atoms with Crippen LogP contribution in [0.4, 0.5) is 0 Å². The highest BCUT2D eigenvalue weighted by Crippen LogP contribution is 2.24. The Morgan fingerprint density at radius 1 is 1.24 bits per heavy atom. The average molecular weight is 287 g/mol. The van der Waals surface area contributed by atoms with Crippen LogP contribution in [0.5, 0.6) is 0 Å². The summed E-state index contributed by atoms with van der Waals surface area (Å²) >= 11 is 0. The molecule has 2 aromatic rings. The number of hydrogen-bond donors (Lipinski definition) is 1. The molecule has 0 aliphatic rings. The van der Waals surface area contributed by atoms with Gasteiger partial charge in [-0.05, 0) is 43.7 Å². The van der Waals surface area contributed by atoms with Crippen molar-refractivity contribution >= 4 is 0 Å². The maximum atomic E-state index is 5.97. The first kappa shape index (κ1) is 15.8. The van der Waals surface area contributed by atoms with Crippen molar-refractivity contribution in [2.24, 2.45) is 0 Å². The van der Waals surface area contributed by atoms with E-state index in [1.54, 1.807) is 7.11 Å². The van der Waals surface area contributed by atoms with Crippen molar-refractivity contribution in [1.29, 1.82) is 0 Å². The van der Waals surface area contributed by atoms with Gasteiger partial charge in [0.25, 0.3) is 0 Å². The molecule has 0 spiro atoms. The van der Waals surface area contributed by atoms with Crippen LogP contribution in [-0.2, 0) is 17.8 Å². The summed E-state index contributed by atoms with van der Waals surface area (Å²) < 4.78 is 11.1.